The number of aryl methyl sites for hydroxylation is 1. The van der Waals surface area contributed by atoms with Crippen molar-refractivity contribution in [1.82, 2.24) is 4.90 Å². The number of phenolic OH excluding ortho intramolecular Hbond substituents is 1. The first-order valence-electron chi connectivity index (χ1n) is 12.8. The lowest BCUT2D eigenvalue weighted by Gasteiger charge is -2.29. The number of aromatic hydroxyl groups is 1. The third-order valence-corrected chi connectivity index (χ3v) is 7.36. The van der Waals surface area contributed by atoms with Crippen LogP contribution in [0.1, 0.15) is 59.9 Å². The Morgan fingerprint density at radius 3 is 2.51 bits per heavy atom. The van der Waals surface area contributed by atoms with Crippen molar-refractivity contribution < 1.29 is 13.9 Å². The number of hydrogen-bond acceptors (Lipinski definition) is 4. The van der Waals surface area contributed by atoms with Crippen LogP contribution in [0.4, 0.5) is 4.39 Å². The van der Waals surface area contributed by atoms with Gasteiger partial charge in [0.15, 0.2) is 0 Å². The zero-order valence-electron chi connectivity index (χ0n) is 21.1. The maximum atomic E-state index is 13.1. The number of benzene rings is 3. The largest absolute Gasteiger partial charge is 0.507 e. The van der Waals surface area contributed by atoms with Gasteiger partial charge in [0, 0.05) is 25.2 Å². The second kappa shape index (κ2) is 11.9. The first-order chi connectivity index (χ1) is 17.5. The summed E-state index contributed by atoms with van der Waals surface area (Å²) in [5.41, 5.74) is 5.09. The molecule has 3 aromatic carbocycles. The Hall–Kier alpha value is -3.15. The molecule has 0 bridgehead atoms. The molecule has 0 fully saturated rings. The predicted octanol–water partition coefficient (Wildman–Crippen LogP) is 7.13. The van der Waals surface area contributed by atoms with Crippen molar-refractivity contribution in [2.24, 2.45) is 0 Å². The molecule has 1 N–H and O–H groups in total. The quantitative estimate of drug-likeness (QED) is 0.198. The Morgan fingerprint density at radius 2 is 1.76 bits per heavy atom. The van der Waals surface area contributed by atoms with Crippen LogP contribution in [0.25, 0.3) is 11.0 Å². The lowest BCUT2D eigenvalue weighted by atomic mass is 9.91. The SMILES string of the molecule is CC(CCCCc1ccc(F)cc1)c1cc(O)c2c3c(c(=O)oc2c1)CCN(Cc1ccccc1)C3.Cl. The molecule has 0 saturated carbocycles. The highest BCUT2D eigenvalue weighted by Gasteiger charge is 2.25. The van der Waals surface area contributed by atoms with Crippen LogP contribution in [0, 0.1) is 5.82 Å². The van der Waals surface area contributed by atoms with Crippen molar-refractivity contribution in [1.29, 1.82) is 0 Å². The summed E-state index contributed by atoms with van der Waals surface area (Å²) in [7, 11) is 0. The first-order valence-corrected chi connectivity index (χ1v) is 12.8. The molecular weight excluding hydrogens is 489 g/mol. The smallest absolute Gasteiger partial charge is 0.339 e. The third kappa shape index (κ3) is 6.23. The Morgan fingerprint density at radius 1 is 1.00 bits per heavy atom. The highest BCUT2D eigenvalue weighted by atomic mass is 35.5. The van der Waals surface area contributed by atoms with Crippen LogP contribution in [0.5, 0.6) is 5.75 Å². The molecule has 4 aromatic rings. The molecule has 194 valence electrons. The lowest BCUT2D eigenvalue weighted by molar-refractivity contribution is 0.243. The van der Waals surface area contributed by atoms with Gasteiger partial charge in [-0.1, -0.05) is 55.8 Å². The average Bonchev–Trinajstić information content (AvgIpc) is 2.88. The molecule has 1 aromatic heterocycles. The number of halogens is 2. The molecule has 0 spiro atoms. The molecule has 0 saturated heterocycles. The van der Waals surface area contributed by atoms with Crippen molar-refractivity contribution in [3.63, 3.8) is 0 Å². The van der Waals surface area contributed by atoms with E-state index in [1.54, 1.807) is 0 Å². The fraction of sp³-hybridized carbons (Fsp3) is 0.323. The van der Waals surface area contributed by atoms with Gasteiger partial charge in [-0.2, -0.15) is 0 Å². The van der Waals surface area contributed by atoms with E-state index in [-0.39, 0.29) is 35.5 Å². The minimum absolute atomic E-state index is 0. The maximum Gasteiger partial charge on any atom is 0.339 e. The van der Waals surface area contributed by atoms with E-state index < -0.39 is 0 Å². The van der Waals surface area contributed by atoms with Crippen molar-refractivity contribution in [2.45, 2.75) is 58.0 Å². The Kier molecular flexibility index (Phi) is 8.67. The highest BCUT2D eigenvalue weighted by Crippen LogP contribution is 2.36. The Balaban J connectivity index is 0.00000320. The Bertz CT molecular complexity index is 1400. The third-order valence-electron chi connectivity index (χ3n) is 7.36. The number of fused-ring (bicyclic) bond motifs is 3. The lowest BCUT2D eigenvalue weighted by Crippen LogP contribution is -2.33. The normalized spacial score (nSPS) is 14.2. The van der Waals surface area contributed by atoms with E-state index in [1.165, 1.54) is 17.7 Å². The Labute approximate surface area is 223 Å². The molecule has 6 heteroatoms. The zero-order valence-corrected chi connectivity index (χ0v) is 21.9. The monoisotopic (exact) mass is 521 g/mol. The summed E-state index contributed by atoms with van der Waals surface area (Å²) in [6.45, 7) is 4.33. The van der Waals surface area contributed by atoms with E-state index in [2.05, 4.69) is 24.0 Å². The van der Waals surface area contributed by atoms with Crippen LogP contribution in [-0.2, 0) is 25.9 Å². The number of rotatable bonds is 8. The van der Waals surface area contributed by atoms with Gasteiger partial charge in [-0.05, 0) is 78.1 Å². The summed E-state index contributed by atoms with van der Waals surface area (Å²) in [6.07, 6.45) is 4.50. The van der Waals surface area contributed by atoms with Gasteiger partial charge in [0.2, 0.25) is 0 Å². The molecular formula is C31H33ClFNO3. The second-order valence-corrected chi connectivity index (χ2v) is 9.98. The van der Waals surface area contributed by atoms with Crippen molar-refractivity contribution in [3.8, 4) is 5.75 Å². The van der Waals surface area contributed by atoms with Crippen LogP contribution in [-0.4, -0.2) is 16.6 Å². The molecule has 0 amide bonds. The summed E-state index contributed by atoms with van der Waals surface area (Å²) >= 11 is 0. The van der Waals surface area contributed by atoms with E-state index in [9.17, 15) is 14.3 Å². The standard InChI is InChI=1S/C31H32FNO3.ClH/c1-21(7-5-6-8-22-11-13-25(32)14-12-22)24-17-28(34)30-27-20-33(19-23-9-3-2-4-10-23)16-15-26(27)31(35)36-29(30)18-24;/h2-4,9-14,17-18,21,34H,5-8,15-16,19-20H2,1H3;1H. The molecule has 0 radical (unpaired) electrons. The van der Waals surface area contributed by atoms with Crippen LogP contribution in [0.15, 0.2) is 75.9 Å². The molecule has 1 unspecified atom stereocenters. The average molecular weight is 522 g/mol. The van der Waals surface area contributed by atoms with Gasteiger partial charge in [0.05, 0.1) is 5.39 Å². The van der Waals surface area contributed by atoms with Gasteiger partial charge >= 0.3 is 5.63 Å². The van der Waals surface area contributed by atoms with Gasteiger partial charge in [-0.15, -0.1) is 12.4 Å². The molecule has 0 aliphatic carbocycles. The van der Waals surface area contributed by atoms with E-state index in [0.717, 1.165) is 55.5 Å². The van der Waals surface area contributed by atoms with E-state index >= 15 is 0 Å². The summed E-state index contributed by atoms with van der Waals surface area (Å²) in [5, 5.41) is 11.7. The highest BCUT2D eigenvalue weighted by molar-refractivity contribution is 5.88. The van der Waals surface area contributed by atoms with Crippen molar-refractivity contribution >= 4 is 23.4 Å². The molecule has 2 heterocycles. The van der Waals surface area contributed by atoms with Gasteiger partial charge < -0.3 is 9.52 Å². The fourth-order valence-corrected chi connectivity index (χ4v) is 5.30. The minimum Gasteiger partial charge on any atom is -0.507 e. The minimum atomic E-state index is -0.291. The molecule has 5 rings (SSSR count). The van der Waals surface area contributed by atoms with Crippen LogP contribution < -0.4 is 5.63 Å². The zero-order chi connectivity index (χ0) is 25.1. The molecule has 1 atom stereocenters. The molecule has 37 heavy (non-hydrogen) atoms. The predicted molar refractivity (Wildman–Crippen MR) is 148 cm³/mol. The fourth-order valence-electron chi connectivity index (χ4n) is 5.30. The molecule has 4 nitrogen and oxygen atoms in total. The van der Waals surface area contributed by atoms with Crippen molar-refractivity contribution in [3.05, 3.63) is 111 Å². The van der Waals surface area contributed by atoms with E-state index in [4.69, 9.17) is 4.42 Å². The van der Waals surface area contributed by atoms with Crippen LogP contribution in [0.3, 0.4) is 0 Å². The van der Waals surface area contributed by atoms with Gasteiger partial charge in [-0.25, -0.2) is 9.18 Å². The van der Waals surface area contributed by atoms with Gasteiger partial charge in [0.25, 0.3) is 0 Å². The number of unbranched alkanes of at least 4 members (excludes halogenated alkanes) is 1. The van der Waals surface area contributed by atoms with Crippen molar-refractivity contribution in [2.75, 3.05) is 6.54 Å². The second-order valence-electron chi connectivity index (χ2n) is 9.98. The number of nitrogens with zero attached hydrogens (tertiary/aromatic N) is 1. The number of hydrogen-bond donors (Lipinski definition) is 1. The maximum absolute atomic E-state index is 13.1. The van der Waals surface area contributed by atoms with Crippen LogP contribution in [0.2, 0.25) is 0 Å². The summed E-state index contributed by atoms with van der Waals surface area (Å²) in [5.74, 6) is 0.187. The van der Waals surface area contributed by atoms with Crippen LogP contribution >= 0.6 is 12.4 Å². The summed E-state index contributed by atoms with van der Waals surface area (Å²) < 4.78 is 18.8. The molecule has 1 aliphatic rings. The number of phenols is 1. The van der Waals surface area contributed by atoms with Gasteiger partial charge in [0.1, 0.15) is 17.1 Å². The van der Waals surface area contributed by atoms with E-state index in [1.807, 2.05) is 42.5 Å². The first kappa shape index (κ1) is 26.9. The summed E-state index contributed by atoms with van der Waals surface area (Å²) in [6, 6.07) is 20.7. The molecule has 1 aliphatic heterocycles. The van der Waals surface area contributed by atoms with E-state index in [0.29, 0.717) is 29.5 Å². The van der Waals surface area contributed by atoms with Gasteiger partial charge in [-0.3, -0.25) is 4.90 Å². The summed E-state index contributed by atoms with van der Waals surface area (Å²) in [4.78, 5) is 15.1. The topological polar surface area (TPSA) is 53.7 Å².